The number of unbranched alkanes of at least 4 members (excludes halogenated alkanes) is 1. The van der Waals surface area contributed by atoms with Gasteiger partial charge in [-0.2, -0.15) is 0 Å². The van der Waals surface area contributed by atoms with E-state index < -0.39 is 0 Å². The molecular formula is C16H27N3. The van der Waals surface area contributed by atoms with Crippen LogP contribution in [0.25, 0.3) is 0 Å². The molecule has 1 aliphatic carbocycles. The fourth-order valence-electron chi connectivity index (χ4n) is 2.37. The molecule has 3 nitrogen and oxygen atoms in total. The molecule has 3 heteroatoms. The summed E-state index contributed by atoms with van der Waals surface area (Å²) >= 11 is 0. The maximum atomic E-state index is 4.76. The maximum absolute atomic E-state index is 4.76. The van der Waals surface area contributed by atoms with Crippen molar-refractivity contribution in [1.82, 2.24) is 15.2 Å². The highest BCUT2D eigenvalue weighted by molar-refractivity contribution is 5.11. The molecule has 1 aromatic rings. The molecule has 19 heavy (non-hydrogen) atoms. The normalized spacial score (nSPS) is 15.1. The summed E-state index contributed by atoms with van der Waals surface area (Å²) in [6, 6.07) is 7.24. The molecule has 0 spiro atoms. The molecule has 1 fully saturated rings. The van der Waals surface area contributed by atoms with Crippen LogP contribution in [0, 0.1) is 0 Å². The lowest BCUT2D eigenvalue weighted by molar-refractivity contribution is 0.247. The summed E-state index contributed by atoms with van der Waals surface area (Å²) in [4.78, 5) is 7.38. The Morgan fingerprint density at radius 3 is 2.74 bits per heavy atom. The van der Waals surface area contributed by atoms with E-state index in [0.717, 1.165) is 31.4 Å². The van der Waals surface area contributed by atoms with E-state index in [1.54, 1.807) is 0 Å². The largest absolute Gasteiger partial charge is 0.311 e. The SMILES string of the molecule is CCCCN(Cc1cccc(CNCC)n1)C1CC1. The van der Waals surface area contributed by atoms with Gasteiger partial charge in [-0.15, -0.1) is 0 Å². The Bertz CT molecular complexity index is 374. The van der Waals surface area contributed by atoms with Crippen LogP contribution in [-0.2, 0) is 13.1 Å². The molecular weight excluding hydrogens is 234 g/mol. The zero-order valence-electron chi connectivity index (χ0n) is 12.4. The van der Waals surface area contributed by atoms with Gasteiger partial charge in [-0.3, -0.25) is 9.88 Å². The van der Waals surface area contributed by atoms with E-state index in [9.17, 15) is 0 Å². The van der Waals surface area contributed by atoms with Gasteiger partial charge in [-0.25, -0.2) is 0 Å². The average Bonchev–Trinajstić information content (AvgIpc) is 3.26. The molecule has 0 radical (unpaired) electrons. The molecule has 1 heterocycles. The van der Waals surface area contributed by atoms with Crippen LogP contribution in [0.1, 0.15) is 50.9 Å². The first-order chi connectivity index (χ1) is 9.33. The third-order valence-corrected chi connectivity index (χ3v) is 3.65. The Morgan fingerprint density at radius 1 is 1.26 bits per heavy atom. The van der Waals surface area contributed by atoms with Crippen LogP contribution in [0.2, 0.25) is 0 Å². The molecule has 2 rings (SSSR count). The summed E-state index contributed by atoms with van der Waals surface area (Å²) in [6.07, 6.45) is 5.33. The van der Waals surface area contributed by atoms with Crippen molar-refractivity contribution in [3.8, 4) is 0 Å². The van der Waals surface area contributed by atoms with Crippen molar-refractivity contribution in [2.45, 2.75) is 58.7 Å². The summed E-state index contributed by atoms with van der Waals surface area (Å²) in [5, 5.41) is 3.34. The van der Waals surface area contributed by atoms with Gasteiger partial charge in [-0.05, 0) is 44.5 Å². The lowest BCUT2D eigenvalue weighted by Crippen LogP contribution is -2.27. The Hall–Kier alpha value is -0.930. The van der Waals surface area contributed by atoms with E-state index in [-0.39, 0.29) is 0 Å². The molecule has 0 aliphatic heterocycles. The minimum atomic E-state index is 0.825. The van der Waals surface area contributed by atoms with E-state index in [0.29, 0.717) is 0 Å². The average molecular weight is 261 g/mol. The number of pyridine rings is 1. The van der Waals surface area contributed by atoms with Crippen LogP contribution in [0.4, 0.5) is 0 Å². The summed E-state index contributed by atoms with van der Waals surface area (Å²) in [5.74, 6) is 0. The highest BCUT2D eigenvalue weighted by Gasteiger charge is 2.28. The van der Waals surface area contributed by atoms with Gasteiger partial charge < -0.3 is 5.32 Å². The number of nitrogens with zero attached hydrogens (tertiary/aromatic N) is 2. The van der Waals surface area contributed by atoms with Crippen molar-refractivity contribution in [2.75, 3.05) is 13.1 Å². The number of hydrogen-bond acceptors (Lipinski definition) is 3. The van der Waals surface area contributed by atoms with E-state index in [2.05, 4.69) is 42.3 Å². The summed E-state index contributed by atoms with van der Waals surface area (Å²) in [6.45, 7) is 8.51. The molecule has 1 aliphatic rings. The van der Waals surface area contributed by atoms with Crippen LogP contribution in [0.5, 0.6) is 0 Å². The molecule has 106 valence electrons. The Morgan fingerprint density at radius 2 is 2.05 bits per heavy atom. The van der Waals surface area contributed by atoms with Gasteiger partial charge in [0.25, 0.3) is 0 Å². The second kappa shape index (κ2) is 7.61. The van der Waals surface area contributed by atoms with E-state index in [1.807, 2.05) is 0 Å². The highest BCUT2D eigenvalue weighted by Crippen LogP contribution is 2.28. The second-order valence-electron chi connectivity index (χ2n) is 5.46. The number of rotatable bonds is 9. The topological polar surface area (TPSA) is 28.2 Å². The van der Waals surface area contributed by atoms with Crippen LogP contribution >= 0.6 is 0 Å². The minimum Gasteiger partial charge on any atom is -0.311 e. The van der Waals surface area contributed by atoms with Gasteiger partial charge in [-0.1, -0.05) is 26.3 Å². The third kappa shape index (κ3) is 4.92. The van der Waals surface area contributed by atoms with Gasteiger partial charge in [0.15, 0.2) is 0 Å². The summed E-state index contributed by atoms with van der Waals surface area (Å²) in [5.41, 5.74) is 2.38. The molecule has 0 bridgehead atoms. The predicted molar refractivity (Wildman–Crippen MR) is 80.0 cm³/mol. The van der Waals surface area contributed by atoms with E-state index in [1.165, 1.54) is 37.9 Å². The van der Waals surface area contributed by atoms with Crippen LogP contribution < -0.4 is 5.32 Å². The quantitative estimate of drug-likeness (QED) is 0.741. The molecule has 1 saturated carbocycles. The van der Waals surface area contributed by atoms with Crippen LogP contribution in [0.15, 0.2) is 18.2 Å². The van der Waals surface area contributed by atoms with Crippen LogP contribution in [-0.4, -0.2) is 29.0 Å². The van der Waals surface area contributed by atoms with E-state index in [4.69, 9.17) is 4.98 Å². The standard InChI is InChI=1S/C16H27N3/c1-3-5-11-19(16-9-10-16)13-15-8-6-7-14(18-15)12-17-4-2/h6-8,16-17H,3-5,9-13H2,1-2H3. The lowest BCUT2D eigenvalue weighted by Gasteiger charge is -2.21. The molecule has 1 N–H and O–H groups in total. The first kappa shape index (κ1) is 14.5. The van der Waals surface area contributed by atoms with Crippen molar-refractivity contribution >= 4 is 0 Å². The fraction of sp³-hybridized carbons (Fsp3) is 0.688. The fourth-order valence-corrected chi connectivity index (χ4v) is 2.37. The molecule has 0 amide bonds. The first-order valence-electron chi connectivity index (χ1n) is 7.73. The minimum absolute atomic E-state index is 0.825. The zero-order valence-corrected chi connectivity index (χ0v) is 12.4. The first-order valence-corrected chi connectivity index (χ1v) is 7.73. The smallest absolute Gasteiger partial charge is 0.0547 e. The van der Waals surface area contributed by atoms with Crippen molar-refractivity contribution in [3.05, 3.63) is 29.6 Å². The Kier molecular flexibility index (Phi) is 5.80. The summed E-state index contributed by atoms with van der Waals surface area (Å²) in [7, 11) is 0. The molecule has 0 aromatic carbocycles. The van der Waals surface area contributed by atoms with E-state index >= 15 is 0 Å². The van der Waals surface area contributed by atoms with Crippen molar-refractivity contribution in [1.29, 1.82) is 0 Å². The van der Waals surface area contributed by atoms with Gasteiger partial charge in [0.1, 0.15) is 0 Å². The predicted octanol–water partition coefficient (Wildman–Crippen LogP) is 2.96. The number of hydrogen-bond donors (Lipinski definition) is 1. The van der Waals surface area contributed by atoms with Crippen LogP contribution in [0.3, 0.4) is 0 Å². The van der Waals surface area contributed by atoms with Gasteiger partial charge in [0.05, 0.1) is 11.4 Å². The third-order valence-electron chi connectivity index (χ3n) is 3.65. The molecule has 0 unspecified atom stereocenters. The van der Waals surface area contributed by atoms with Gasteiger partial charge >= 0.3 is 0 Å². The Labute approximate surface area is 117 Å². The zero-order chi connectivity index (χ0) is 13.5. The van der Waals surface area contributed by atoms with Crippen molar-refractivity contribution < 1.29 is 0 Å². The number of aromatic nitrogens is 1. The van der Waals surface area contributed by atoms with Crippen molar-refractivity contribution in [2.24, 2.45) is 0 Å². The molecule has 1 aromatic heterocycles. The maximum Gasteiger partial charge on any atom is 0.0547 e. The van der Waals surface area contributed by atoms with Gasteiger partial charge in [0.2, 0.25) is 0 Å². The second-order valence-corrected chi connectivity index (χ2v) is 5.46. The van der Waals surface area contributed by atoms with Gasteiger partial charge in [0, 0.05) is 19.1 Å². The summed E-state index contributed by atoms with van der Waals surface area (Å²) < 4.78 is 0. The highest BCUT2D eigenvalue weighted by atomic mass is 15.2. The lowest BCUT2D eigenvalue weighted by atomic mass is 10.2. The molecule has 0 saturated heterocycles. The molecule has 0 atom stereocenters. The van der Waals surface area contributed by atoms with Crippen molar-refractivity contribution in [3.63, 3.8) is 0 Å². The Balaban J connectivity index is 1.92. The number of nitrogens with one attached hydrogen (secondary N) is 1. The monoisotopic (exact) mass is 261 g/mol.